The molecule has 2 aromatic rings. The second kappa shape index (κ2) is 7.62. The predicted octanol–water partition coefficient (Wildman–Crippen LogP) is 4.17. The van der Waals surface area contributed by atoms with Gasteiger partial charge in [0.1, 0.15) is 17.5 Å². The fraction of sp³-hybridized carbons (Fsp3) is 0.412. The van der Waals surface area contributed by atoms with E-state index in [9.17, 15) is 0 Å². The molecule has 0 saturated heterocycles. The lowest BCUT2D eigenvalue weighted by Gasteiger charge is -2.10. The maximum Gasteiger partial charge on any atom is 0.136 e. The molecule has 2 N–H and O–H groups in total. The van der Waals surface area contributed by atoms with Crippen LogP contribution in [0.5, 0.6) is 0 Å². The minimum Gasteiger partial charge on any atom is -0.373 e. The van der Waals surface area contributed by atoms with E-state index in [1.807, 2.05) is 13.1 Å². The van der Waals surface area contributed by atoms with Gasteiger partial charge >= 0.3 is 0 Å². The zero-order valence-electron chi connectivity index (χ0n) is 13.1. The van der Waals surface area contributed by atoms with Gasteiger partial charge in [-0.25, -0.2) is 9.97 Å². The number of nitrogens with zero attached hydrogens (tertiary/aromatic N) is 2. The third-order valence-electron chi connectivity index (χ3n) is 3.27. The lowest BCUT2D eigenvalue weighted by Crippen LogP contribution is -2.03. The molecule has 1 heterocycles. The molecule has 4 nitrogen and oxygen atoms in total. The van der Waals surface area contributed by atoms with E-state index in [1.165, 1.54) is 12.0 Å². The average Bonchev–Trinajstić information content (AvgIpc) is 2.49. The van der Waals surface area contributed by atoms with Gasteiger partial charge in [0.05, 0.1) is 0 Å². The molecule has 0 spiro atoms. The standard InChI is InChI=1S/C17H24N4/c1-4-6-13-8-10-14(11-9-13)19-17-12-16(18-3)20-15(21-17)7-5-2/h8-12H,4-7H2,1-3H3,(H2,18,19,20,21). The highest BCUT2D eigenvalue weighted by molar-refractivity contribution is 5.59. The average molecular weight is 284 g/mol. The van der Waals surface area contributed by atoms with Crippen LogP contribution in [0, 0.1) is 0 Å². The molecule has 2 rings (SSSR count). The lowest BCUT2D eigenvalue weighted by molar-refractivity contribution is 0.838. The van der Waals surface area contributed by atoms with Crippen molar-refractivity contribution in [3.63, 3.8) is 0 Å². The summed E-state index contributed by atoms with van der Waals surface area (Å²) in [7, 11) is 1.88. The molecule has 0 atom stereocenters. The molecular formula is C17H24N4. The number of benzene rings is 1. The molecule has 1 aromatic carbocycles. The SMILES string of the molecule is CCCc1ccc(Nc2cc(NC)nc(CCC)n2)cc1. The summed E-state index contributed by atoms with van der Waals surface area (Å²) in [5.74, 6) is 2.55. The Balaban J connectivity index is 2.15. The van der Waals surface area contributed by atoms with Crippen molar-refractivity contribution in [2.75, 3.05) is 17.7 Å². The van der Waals surface area contributed by atoms with Crippen LogP contribution >= 0.6 is 0 Å². The van der Waals surface area contributed by atoms with Crippen molar-refractivity contribution in [2.45, 2.75) is 39.5 Å². The summed E-state index contributed by atoms with van der Waals surface area (Å²) in [5.41, 5.74) is 2.42. The molecule has 1 aromatic heterocycles. The van der Waals surface area contributed by atoms with E-state index in [0.717, 1.165) is 42.4 Å². The van der Waals surface area contributed by atoms with Gasteiger partial charge < -0.3 is 10.6 Å². The van der Waals surface area contributed by atoms with E-state index < -0.39 is 0 Å². The van der Waals surface area contributed by atoms with Gasteiger partial charge in [-0.1, -0.05) is 32.4 Å². The Morgan fingerprint density at radius 1 is 0.905 bits per heavy atom. The van der Waals surface area contributed by atoms with Crippen LogP contribution in [-0.2, 0) is 12.8 Å². The number of hydrogen-bond donors (Lipinski definition) is 2. The smallest absolute Gasteiger partial charge is 0.136 e. The van der Waals surface area contributed by atoms with Gasteiger partial charge in [-0.3, -0.25) is 0 Å². The minimum absolute atomic E-state index is 0.834. The van der Waals surface area contributed by atoms with Crippen molar-refractivity contribution in [3.8, 4) is 0 Å². The Morgan fingerprint density at radius 3 is 2.19 bits per heavy atom. The van der Waals surface area contributed by atoms with Crippen LogP contribution in [0.4, 0.5) is 17.3 Å². The van der Waals surface area contributed by atoms with Crippen LogP contribution in [0.25, 0.3) is 0 Å². The number of hydrogen-bond acceptors (Lipinski definition) is 4. The van der Waals surface area contributed by atoms with Gasteiger partial charge in [0, 0.05) is 25.2 Å². The zero-order chi connectivity index (χ0) is 15.1. The van der Waals surface area contributed by atoms with Crippen molar-refractivity contribution in [1.82, 2.24) is 9.97 Å². The monoisotopic (exact) mass is 284 g/mol. The first-order valence-electron chi connectivity index (χ1n) is 7.66. The van der Waals surface area contributed by atoms with E-state index in [-0.39, 0.29) is 0 Å². The Hall–Kier alpha value is -2.10. The minimum atomic E-state index is 0.834. The maximum atomic E-state index is 4.56. The number of anilines is 3. The highest BCUT2D eigenvalue weighted by atomic mass is 15.1. The second-order valence-electron chi connectivity index (χ2n) is 5.13. The van der Waals surface area contributed by atoms with E-state index in [4.69, 9.17) is 0 Å². The first-order chi connectivity index (χ1) is 10.2. The summed E-state index contributed by atoms with van der Waals surface area (Å²) in [4.78, 5) is 9.02. The van der Waals surface area contributed by atoms with Crippen molar-refractivity contribution >= 4 is 17.3 Å². The van der Waals surface area contributed by atoms with E-state index >= 15 is 0 Å². The Bertz CT molecular complexity index is 564. The highest BCUT2D eigenvalue weighted by Crippen LogP contribution is 2.19. The molecule has 21 heavy (non-hydrogen) atoms. The topological polar surface area (TPSA) is 49.8 Å². The predicted molar refractivity (Wildman–Crippen MR) is 89.3 cm³/mol. The first-order valence-corrected chi connectivity index (χ1v) is 7.66. The molecule has 112 valence electrons. The van der Waals surface area contributed by atoms with Crippen LogP contribution in [-0.4, -0.2) is 17.0 Å². The highest BCUT2D eigenvalue weighted by Gasteiger charge is 2.04. The van der Waals surface area contributed by atoms with Gasteiger partial charge in [0.15, 0.2) is 0 Å². The number of aryl methyl sites for hydroxylation is 2. The molecular weight excluding hydrogens is 260 g/mol. The molecule has 0 amide bonds. The van der Waals surface area contributed by atoms with Gasteiger partial charge in [-0.05, 0) is 30.5 Å². The van der Waals surface area contributed by atoms with Crippen molar-refractivity contribution in [3.05, 3.63) is 41.7 Å². The fourth-order valence-corrected chi connectivity index (χ4v) is 2.22. The Kier molecular flexibility index (Phi) is 5.55. The summed E-state index contributed by atoms with van der Waals surface area (Å²) in [5, 5.41) is 6.44. The van der Waals surface area contributed by atoms with Gasteiger partial charge in [-0.15, -0.1) is 0 Å². The van der Waals surface area contributed by atoms with Gasteiger partial charge in [-0.2, -0.15) is 0 Å². The number of nitrogens with one attached hydrogen (secondary N) is 2. The van der Waals surface area contributed by atoms with Crippen LogP contribution in [0.3, 0.4) is 0 Å². The summed E-state index contributed by atoms with van der Waals surface area (Å²) in [6.45, 7) is 4.33. The molecule has 0 radical (unpaired) electrons. The second-order valence-corrected chi connectivity index (χ2v) is 5.13. The quantitative estimate of drug-likeness (QED) is 0.801. The molecule has 0 aliphatic rings. The summed E-state index contributed by atoms with van der Waals surface area (Å²) in [6.07, 6.45) is 4.22. The third kappa shape index (κ3) is 4.45. The molecule has 0 aliphatic carbocycles. The molecule has 0 saturated carbocycles. The van der Waals surface area contributed by atoms with Crippen LogP contribution in [0.1, 0.15) is 38.1 Å². The zero-order valence-corrected chi connectivity index (χ0v) is 13.1. The van der Waals surface area contributed by atoms with E-state index in [2.05, 4.69) is 58.7 Å². The number of rotatable bonds is 7. The van der Waals surface area contributed by atoms with Gasteiger partial charge in [0.2, 0.25) is 0 Å². The lowest BCUT2D eigenvalue weighted by atomic mass is 10.1. The Labute approximate surface area is 127 Å². The van der Waals surface area contributed by atoms with Crippen molar-refractivity contribution in [2.24, 2.45) is 0 Å². The van der Waals surface area contributed by atoms with E-state index in [1.54, 1.807) is 0 Å². The van der Waals surface area contributed by atoms with Crippen LogP contribution < -0.4 is 10.6 Å². The Morgan fingerprint density at radius 2 is 1.57 bits per heavy atom. The molecule has 0 bridgehead atoms. The molecule has 4 heteroatoms. The molecule has 0 unspecified atom stereocenters. The maximum absolute atomic E-state index is 4.56. The normalized spacial score (nSPS) is 10.4. The number of aromatic nitrogens is 2. The van der Waals surface area contributed by atoms with Crippen molar-refractivity contribution in [1.29, 1.82) is 0 Å². The third-order valence-corrected chi connectivity index (χ3v) is 3.27. The molecule has 0 aliphatic heterocycles. The fourth-order valence-electron chi connectivity index (χ4n) is 2.22. The van der Waals surface area contributed by atoms with Crippen LogP contribution in [0.15, 0.2) is 30.3 Å². The van der Waals surface area contributed by atoms with E-state index in [0.29, 0.717) is 0 Å². The first kappa shape index (κ1) is 15.3. The summed E-state index contributed by atoms with van der Waals surface area (Å²) >= 11 is 0. The van der Waals surface area contributed by atoms with Gasteiger partial charge in [0.25, 0.3) is 0 Å². The summed E-state index contributed by atoms with van der Waals surface area (Å²) in [6, 6.07) is 10.5. The largest absolute Gasteiger partial charge is 0.373 e. The molecule has 0 fully saturated rings. The van der Waals surface area contributed by atoms with Crippen LogP contribution in [0.2, 0.25) is 0 Å². The van der Waals surface area contributed by atoms with Crippen molar-refractivity contribution < 1.29 is 0 Å². The summed E-state index contributed by atoms with van der Waals surface area (Å²) < 4.78 is 0.